The van der Waals surface area contributed by atoms with Crippen LogP contribution in [0.25, 0.3) is 0 Å². The Morgan fingerprint density at radius 3 is 2.36 bits per heavy atom. The molecule has 1 aliphatic rings. The Balaban J connectivity index is 1.90. The van der Waals surface area contributed by atoms with Crippen molar-refractivity contribution in [1.82, 2.24) is 0 Å². The van der Waals surface area contributed by atoms with Gasteiger partial charge in [-0.1, -0.05) is 29.8 Å². The van der Waals surface area contributed by atoms with Crippen molar-refractivity contribution in [2.45, 2.75) is 18.3 Å². The fourth-order valence-electron chi connectivity index (χ4n) is 2.46. The summed E-state index contributed by atoms with van der Waals surface area (Å²) in [6.45, 7) is 0. The Morgan fingerprint density at radius 2 is 1.73 bits per heavy atom. The molecule has 0 saturated heterocycles. The zero-order chi connectivity index (χ0) is 15.9. The molecule has 1 amide bonds. The number of nitrogens with one attached hydrogen (secondary N) is 1. The second kappa shape index (κ2) is 5.32. The van der Waals surface area contributed by atoms with E-state index in [0.717, 1.165) is 12.1 Å². The Morgan fingerprint density at radius 1 is 1.05 bits per heavy atom. The lowest BCUT2D eigenvalue weighted by Gasteiger charge is -2.17. The molecule has 0 radical (unpaired) electrons. The van der Waals surface area contributed by atoms with Crippen LogP contribution in [0.1, 0.15) is 18.4 Å². The molecule has 0 aromatic heterocycles. The normalized spacial score (nSPS) is 15.5. The van der Waals surface area contributed by atoms with Crippen molar-refractivity contribution in [3.63, 3.8) is 0 Å². The predicted octanol–water partition coefficient (Wildman–Crippen LogP) is 4.43. The zero-order valence-corrected chi connectivity index (χ0v) is 12.1. The monoisotopic (exact) mass is 325 g/mol. The van der Waals surface area contributed by atoms with Crippen molar-refractivity contribution >= 4 is 23.2 Å². The SMILES string of the molecule is O=C(Nc1ccc(F)c(F)c1F)C1(c2ccccc2Cl)CC1. The van der Waals surface area contributed by atoms with E-state index < -0.39 is 28.8 Å². The summed E-state index contributed by atoms with van der Waals surface area (Å²) in [7, 11) is 0. The molecular formula is C16H11ClF3NO. The van der Waals surface area contributed by atoms with E-state index in [1.807, 2.05) is 0 Å². The molecule has 1 N–H and O–H groups in total. The largest absolute Gasteiger partial charge is 0.323 e. The Hall–Kier alpha value is -2.01. The maximum absolute atomic E-state index is 13.7. The minimum Gasteiger partial charge on any atom is -0.323 e. The van der Waals surface area contributed by atoms with Gasteiger partial charge in [0, 0.05) is 5.02 Å². The lowest BCUT2D eigenvalue weighted by Crippen LogP contribution is -2.28. The van der Waals surface area contributed by atoms with E-state index in [4.69, 9.17) is 11.6 Å². The number of hydrogen-bond donors (Lipinski definition) is 1. The van der Waals surface area contributed by atoms with Gasteiger partial charge in [0.05, 0.1) is 11.1 Å². The molecule has 1 aliphatic carbocycles. The summed E-state index contributed by atoms with van der Waals surface area (Å²) in [5.74, 6) is -4.81. The third kappa shape index (κ3) is 2.35. The Kier molecular flexibility index (Phi) is 3.60. The summed E-state index contributed by atoms with van der Waals surface area (Å²) in [6, 6.07) is 8.66. The molecular weight excluding hydrogens is 315 g/mol. The lowest BCUT2D eigenvalue weighted by molar-refractivity contribution is -0.118. The van der Waals surface area contributed by atoms with E-state index in [1.54, 1.807) is 24.3 Å². The second-order valence-electron chi connectivity index (χ2n) is 5.24. The molecule has 0 bridgehead atoms. The van der Waals surface area contributed by atoms with Crippen LogP contribution in [0.15, 0.2) is 36.4 Å². The Bertz CT molecular complexity index is 759. The molecule has 0 heterocycles. The van der Waals surface area contributed by atoms with Gasteiger partial charge in [-0.3, -0.25) is 4.79 Å². The maximum atomic E-state index is 13.7. The van der Waals surface area contributed by atoms with E-state index in [0.29, 0.717) is 23.4 Å². The molecule has 2 nitrogen and oxygen atoms in total. The van der Waals surface area contributed by atoms with E-state index in [-0.39, 0.29) is 5.69 Å². The minimum absolute atomic E-state index is 0.387. The second-order valence-corrected chi connectivity index (χ2v) is 5.65. The van der Waals surface area contributed by atoms with Gasteiger partial charge in [-0.2, -0.15) is 0 Å². The fraction of sp³-hybridized carbons (Fsp3) is 0.188. The third-order valence-corrected chi connectivity index (χ3v) is 4.19. The molecule has 0 spiro atoms. The highest BCUT2D eigenvalue weighted by atomic mass is 35.5. The molecule has 0 atom stereocenters. The number of anilines is 1. The van der Waals surface area contributed by atoms with Crippen molar-refractivity contribution < 1.29 is 18.0 Å². The summed E-state index contributed by atoms with van der Waals surface area (Å²) in [5, 5.41) is 2.77. The van der Waals surface area contributed by atoms with Crippen molar-refractivity contribution in [2.75, 3.05) is 5.32 Å². The van der Waals surface area contributed by atoms with Crippen LogP contribution in [-0.2, 0) is 10.2 Å². The number of benzene rings is 2. The highest BCUT2D eigenvalue weighted by molar-refractivity contribution is 6.32. The van der Waals surface area contributed by atoms with Crippen LogP contribution in [0.4, 0.5) is 18.9 Å². The van der Waals surface area contributed by atoms with Gasteiger partial charge in [0.25, 0.3) is 0 Å². The first-order valence-corrected chi connectivity index (χ1v) is 7.03. The molecule has 0 unspecified atom stereocenters. The van der Waals surface area contributed by atoms with Crippen LogP contribution in [0.2, 0.25) is 5.02 Å². The van der Waals surface area contributed by atoms with E-state index >= 15 is 0 Å². The first-order valence-electron chi connectivity index (χ1n) is 6.66. The topological polar surface area (TPSA) is 29.1 Å². The van der Waals surface area contributed by atoms with Crippen molar-refractivity contribution in [2.24, 2.45) is 0 Å². The molecule has 1 saturated carbocycles. The first kappa shape index (κ1) is 14.9. The maximum Gasteiger partial charge on any atom is 0.235 e. The average molecular weight is 326 g/mol. The van der Waals surface area contributed by atoms with Gasteiger partial charge in [-0.25, -0.2) is 13.2 Å². The number of amides is 1. The van der Waals surface area contributed by atoms with Crippen LogP contribution < -0.4 is 5.32 Å². The number of carbonyl (C=O) groups is 1. The van der Waals surface area contributed by atoms with E-state index in [9.17, 15) is 18.0 Å². The van der Waals surface area contributed by atoms with Crippen molar-refractivity contribution in [3.05, 3.63) is 64.4 Å². The van der Waals surface area contributed by atoms with Crippen LogP contribution in [0.3, 0.4) is 0 Å². The third-order valence-electron chi connectivity index (χ3n) is 3.86. The fourth-order valence-corrected chi connectivity index (χ4v) is 2.77. The zero-order valence-electron chi connectivity index (χ0n) is 11.3. The molecule has 0 aliphatic heterocycles. The van der Waals surface area contributed by atoms with Crippen molar-refractivity contribution in [1.29, 1.82) is 0 Å². The summed E-state index contributed by atoms with van der Waals surface area (Å²) >= 11 is 6.11. The lowest BCUT2D eigenvalue weighted by atomic mass is 9.95. The van der Waals surface area contributed by atoms with E-state index in [2.05, 4.69) is 5.32 Å². The summed E-state index contributed by atoms with van der Waals surface area (Å²) in [4.78, 5) is 12.4. The summed E-state index contributed by atoms with van der Waals surface area (Å²) < 4.78 is 39.8. The summed E-state index contributed by atoms with van der Waals surface area (Å²) in [6.07, 6.45) is 1.13. The van der Waals surface area contributed by atoms with Gasteiger partial charge in [-0.15, -0.1) is 0 Å². The van der Waals surface area contributed by atoms with Crippen LogP contribution in [0, 0.1) is 17.5 Å². The Labute approximate surface area is 129 Å². The molecule has 22 heavy (non-hydrogen) atoms. The molecule has 3 rings (SSSR count). The van der Waals surface area contributed by atoms with Crippen molar-refractivity contribution in [3.8, 4) is 0 Å². The summed E-state index contributed by atoms with van der Waals surface area (Å²) in [5.41, 5.74) is -0.574. The number of halogens is 4. The van der Waals surface area contributed by atoms with Gasteiger partial charge < -0.3 is 5.32 Å². The molecule has 114 valence electrons. The van der Waals surface area contributed by atoms with Crippen LogP contribution >= 0.6 is 11.6 Å². The van der Waals surface area contributed by atoms with Gasteiger partial charge in [-0.05, 0) is 36.6 Å². The number of carbonyl (C=O) groups excluding carboxylic acids is 1. The highest BCUT2D eigenvalue weighted by Crippen LogP contribution is 2.51. The minimum atomic E-state index is -1.61. The smallest absolute Gasteiger partial charge is 0.235 e. The highest BCUT2D eigenvalue weighted by Gasteiger charge is 2.52. The van der Waals surface area contributed by atoms with E-state index in [1.165, 1.54) is 0 Å². The van der Waals surface area contributed by atoms with Crippen LogP contribution in [0.5, 0.6) is 0 Å². The number of hydrogen-bond acceptors (Lipinski definition) is 1. The van der Waals surface area contributed by atoms with Gasteiger partial charge in [0.2, 0.25) is 5.91 Å². The standard InChI is InChI=1S/C16H11ClF3NO/c17-10-4-2-1-3-9(10)16(7-8-16)15(22)21-12-6-5-11(18)13(19)14(12)20/h1-6H,7-8H2,(H,21,22). The average Bonchev–Trinajstić information content (AvgIpc) is 3.30. The van der Waals surface area contributed by atoms with Crippen LogP contribution in [-0.4, -0.2) is 5.91 Å². The molecule has 2 aromatic rings. The molecule has 1 fully saturated rings. The van der Waals surface area contributed by atoms with Gasteiger partial charge in [0.1, 0.15) is 0 Å². The predicted molar refractivity (Wildman–Crippen MR) is 77.3 cm³/mol. The quantitative estimate of drug-likeness (QED) is 0.831. The number of rotatable bonds is 3. The molecule has 6 heteroatoms. The van der Waals surface area contributed by atoms with Gasteiger partial charge >= 0.3 is 0 Å². The van der Waals surface area contributed by atoms with Gasteiger partial charge in [0.15, 0.2) is 17.5 Å². The molecule has 2 aromatic carbocycles. The first-order chi connectivity index (χ1) is 10.5.